The quantitative estimate of drug-likeness (QED) is 0.749. The summed E-state index contributed by atoms with van der Waals surface area (Å²) in [6.07, 6.45) is 0.201. The van der Waals surface area contributed by atoms with Crippen molar-refractivity contribution in [2.24, 2.45) is 0 Å². The van der Waals surface area contributed by atoms with Gasteiger partial charge < -0.3 is 14.8 Å². The van der Waals surface area contributed by atoms with E-state index in [1.165, 1.54) is 0 Å². The first-order valence-electron chi connectivity index (χ1n) is 8.79. The molecule has 0 aliphatic rings. The van der Waals surface area contributed by atoms with Crippen LogP contribution in [-0.2, 0) is 9.47 Å². The van der Waals surface area contributed by atoms with Crippen LogP contribution in [0, 0.1) is 0 Å². The molecule has 1 amide bonds. The zero-order chi connectivity index (χ0) is 19.2. The van der Waals surface area contributed by atoms with Crippen LogP contribution in [0.2, 0.25) is 0 Å². The number of ketones is 1. The van der Waals surface area contributed by atoms with E-state index in [1.54, 1.807) is 27.9 Å². The van der Waals surface area contributed by atoms with Crippen molar-refractivity contribution in [3.8, 4) is 0 Å². The Labute approximate surface area is 154 Å². The minimum Gasteiger partial charge on any atom is -0.444 e. The van der Waals surface area contributed by atoms with Gasteiger partial charge in [-0.25, -0.2) is 4.79 Å². The van der Waals surface area contributed by atoms with Crippen LogP contribution in [-0.4, -0.2) is 37.2 Å². The third-order valence-corrected chi connectivity index (χ3v) is 3.91. The molecular weight excluding hydrogens is 330 g/mol. The molecule has 0 saturated carbocycles. The maximum Gasteiger partial charge on any atom is 0.407 e. The average Bonchev–Trinajstić information content (AvgIpc) is 2.57. The fraction of sp³-hybridized carbons (Fsp3) is 0.429. The molecule has 140 valence electrons. The van der Waals surface area contributed by atoms with E-state index in [1.807, 2.05) is 42.5 Å². The number of methoxy groups -OCH3 is 1. The number of amides is 1. The highest BCUT2D eigenvalue weighted by molar-refractivity contribution is 6.08. The van der Waals surface area contributed by atoms with Crippen molar-refractivity contribution < 1.29 is 19.1 Å². The number of hydrogen-bond donors (Lipinski definition) is 1. The highest BCUT2D eigenvalue weighted by Crippen LogP contribution is 2.21. The highest BCUT2D eigenvalue weighted by atomic mass is 16.6. The fourth-order valence-electron chi connectivity index (χ4n) is 2.76. The van der Waals surface area contributed by atoms with Gasteiger partial charge in [0.15, 0.2) is 5.78 Å². The number of ether oxygens (including phenoxy) is 2. The standard InChI is InChI=1S/C21H27NO4/c1-21(2,3)26-20(24)22-16(12-13-25-4)14-19(23)18-11-7-9-15-8-5-6-10-17(15)18/h5-11,16H,12-14H2,1-4H3,(H,22,24). The van der Waals surface area contributed by atoms with Gasteiger partial charge in [0.25, 0.3) is 0 Å². The smallest absolute Gasteiger partial charge is 0.407 e. The summed E-state index contributed by atoms with van der Waals surface area (Å²) in [5, 5.41) is 4.73. The number of nitrogens with one attached hydrogen (secondary N) is 1. The molecule has 0 aromatic heterocycles. The first-order valence-corrected chi connectivity index (χ1v) is 8.79. The molecule has 2 rings (SSSR count). The van der Waals surface area contributed by atoms with Gasteiger partial charge in [-0.1, -0.05) is 42.5 Å². The van der Waals surface area contributed by atoms with E-state index in [0.29, 0.717) is 18.6 Å². The third-order valence-electron chi connectivity index (χ3n) is 3.91. The van der Waals surface area contributed by atoms with Gasteiger partial charge in [0.2, 0.25) is 0 Å². The molecule has 5 nitrogen and oxygen atoms in total. The Hall–Kier alpha value is -2.40. The van der Waals surface area contributed by atoms with Crippen molar-refractivity contribution in [3.63, 3.8) is 0 Å². The Morgan fingerprint density at radius 2 is 1.77 bits per heavy atom. The second-order valence-corrected chi connectivity index (χ2v) is 7.28. The fourth-order valence-corrected chi connectivity index (χ4v) is 2.76. The molecule has 1 N–H and O–H groups in total. The lowest BCUT2D eigenvalue weighted by atomic mass is 9.97. The molecule has 26 heavy (non-hydrogen) atoms. The molecule has 0 aliphatic carbocycles. The van der Waals surface area contributed by atoms with Crippen molar-refractivity contribution in [1.82, 2.24) is 5.32 Å². The Bertz CT molecular complexity index is 759. The van der Waals surface area contributed by atoms with Crippen molar-refractivity contribution in [1.29, 1.82) is 0 Å². The van der Waals surface area contributed by atoms with Crippen LogP contribution < -0.4 is 5.32 Å². The van der Waals surface area contributed by atoms with Crippen molar-refractivity contribution in [2.75, 3.05) is 13.7 Å². The number of Topliss-reactive ketones (excluding diaryl/α,β-unsaturated/α-hetero) is 1. The molecular formula is C21H27NO4. The van der Waals surface area contributed by atoms with Gasteiger partial charge in [0.05, 0.1) is 0 Å². The van der Waals surface area contributed by atoms with E-state index < -0.39 is 11.7 Å². The Kier molecular flexibility index (Phi) is 6.75. The topological polar surface area (TPSA) is 64.6 Å². The SMILES string of the molecule is COCCC(CC(=O)c1cccc2ccccc12)NC(=O)OC(C)(C)C. The van der Waals surface area contributed by atoms with Gasteiger partial charge in [-0.15, -0.1) is 0 Å². The number of carbonyl (C=O) groups is 2. The lowest BCUT2D eigenvalue weighted by Crippen LogP contribution is -2.40. The van der Waals surface area contributed by atoms with Gasteiger partial charge in [0, 0.05) is 31.7 Å². The van der Waals surface area contributed by atoms with Crippen LogP contribution in [0.15, 0.2) is 42.5 Å². The third kappa shape index (κ3) is 5.85. The molecule has 0 radical (unpaired) electrons. The minimum absolute atomic E-state index is 0.0149. The lowest BCUT2D eigenvalue weighted by Gasteiger charge is -2.23. The molecule has 2 aromatic rings. The van der Waals surface area contributed by atoms with Crippen LogP contribution >= 0.6 is 0 Å². The zero-order valence-corrected chi connectivity index (χ0v) is 15.9. The van der Waals surface area contributed by atoms with Crippen LogP contribution in [0.4, 0.5) is 4.79 Å². The van der Waals surface area contributed by atoms with Crippen molar-refractivity contribution >= 4 is 22.6 Å². The molecule has 0 heterocycles. The number of hydrogen-bond acceptors (Lipinski definition) is 4. The number of carbonyl (C=O) groups excluding carboxylic acids is 2. The summed E-state index contributed by atoms with van der Waals surface area (Å²) in [7, 11) is 1.59. The summed E-state index contributed by atoms with van der Waals surface area (Å²) in [5.41, 5.74) is 0.0757. The van der Waals surface area contributed by atoms with E-state index in [4.69, 9.17) is 9.47 Å². The molecule has 5 heteroatoms. The molecule has 0 spiro atoms. The van der Waals surface area contributed by atoms with Gasteiger partial charge >= 0.3 is 6.09 Å². The molecule has 1 unspecified atom stereocenters. The van der Waals surface area contributed by atoms with Crippen LogP contribution in [0.5, 0.6) is 0 Å². The van der Waals surface area contributed by atoms with Gasteiger partial charge in [0.1, 0.15) is 5.60 Å². The Morgan fingerprint density at radius 1 is 1.08 bits per heavy atom. The van der Waals surface area contributed by atoms with Gasteiger partial charge in [-0.3, -0.25) is 4.79 Å². The van der Waals surface area contributed by atoms with E-state index >= 15 is 0 Å². The Morgan fingerprint density at radius 3 is 2.46 bits per heavy atom. The van der Waals surface area contributed by atoms with Crippen LogP contribution in [0.3, 0.4) is 0 Å². The first kappa shape index (κ1) is 19.9. The monoisotopic (exact) mass is 357 g/mol. The molecule has 1 atom stereocenters. The summed E-state index contributed by atoms with van der Waals surface area (Å²) in [6, 6.07) is 13.1. The van der Waals surface area contributed by atoms with E-state index in [2.05, 4.69) is 5.32 Å². The predicted octanol–water partition coefficient (Wildman–Crippen LogP) is 4.34. The number of alkyl carbamates (subject to hydrolysis) is 1. The lowest BCUT2D eigenvalue weighted by molar-refractivity contribution is 0.0490. The predicted molar refractivity (Wildman–Crippen MR) is 103 cm³/mol. The minimum atomic E-state index is -0.588. The maximum absolute atomic E-state index is 12.9. The maximum atomic E-state index is 12.9. The van der Waals surface area contributed by atoms with Crippen molar-refractivity contribution in [2.45, 2.75) is 45.3 Å². The van der Waals surface area contributed by atoms with Gasteiger partial charge in [-0.2, -0.15) is 0 Å². The molecule has 0 aliphatic heterocycles. The molecule has 0 bridgehead atoms. The first-order chi connectivity index (χ1) is 12.3. The van der Waals surface area contributed by atoms with E-state index in [9.17, 15) is 9.59 Å². The zero-order valence-electron chi connectivity index (χ0n) is 15.9. The Balaban J connectivity index is 2.13. The summed E-state index contributed by atoms with van der Waals surface area (Å²) >= 11 is 0. The summed E-state index contributed by atoms with van der Waals surface area (Å²) in [4.78, 5) is 24.9. The molecule has 0 saturated heterocycles. The highest BCUT2D eigenvalue weighted by Gasteiger charge is 2.22. The summed E-state index contributed by atoms with van der Waals surface area (Å²) < 4.78 is 10.4. The number of benzene rings is 2. The number of fused-ring (bicyclic) bond motifs is 1. The second kappa shape index (κ2) is 8.81. The van der Waals surface area contributed by atoms with Gasteiger partial charge in [-0.05, 0) is 38.0 Å². The summed E-state index contributed by atoms with van der Waals surface area (Å²) in [5.74, 6) is -0.0149. The van der Waals surface area contributed by atoms with E-state index in [-0.39, 0.29) is 18.2 Å². The largest absolute Gasteiger partial charge is 0.444 e. The number of rotatable bonds is 7. The van der Waals surface area contributed by atoms with E-state index in [0.717, 1.165) is 10.8 Å². The van der Waals surface area contributed by atoms with Crippen molar-refractivity contribution in [3.05, 3.63) is 48.0 Å². The average molecular weight is 357 g/mol. The van der Waals surface area contributed by atoms with Crippen LogP contribution in [0.1, 0.15) is 44.0 Å². The molecule has 0 fully saturated rings. The molecule has 2 aromatic carbocycles. The second-order valence-electron chi connectivity index (χ2n) is 7.28. The van der Waals surface area contributed by atoms with Crippen LogP contribution in [0.25, 0.3) is 10.8 Å². The summed E-state index contributed by atoms with van der Waals surface area (Å²) in [6.45, 7) is 5.86. The normalized spacial score (nSPS) is 12.6.